The molecule has 0 unspecified atom stereocenters. The lowest BCUT2D eigenvalue weighted by Gasteiger charge is -2.07. The van der Waals surface area contributed by atoms with Crippen LogP contribution in [0.3, 0.4) is 0 Å². The number of benzene rings is 1. The van der Waals surface area contributed by atoms with Crippen LogP contribution in [0.5, 0.6) is 0 Å². The Labute approximate surface area is 87.0 Å². The number of furan rings is 1. The van der Waals surface area contributed by atoms with Crippen LogP contribution in [0.1, 0.15) is 22.2 Å². The molecule has 0 saturated carbocycles. The minimum Gasteiger partial charge on any atom is -0.461 e. The van der Waals surface area contributed by atoms with Crippen LogP contribution in [-0.4, -0.2) is 10.9 Å². The largest absolute Gasteiger partial charge is 0.461 e. The molecule has 0 aliphatic heterocycles. The summed E-state index contributed by atoms with van der Waals surface area (Å²) in [6, 6.07) is 11.9. The Morgan fingerprint density at radius 3 is 2.47 bits per heavy atom. The number of hydrogen-bond acceptors (Lipinski definition) is 3. The summed E-state index contributed by atoms with van der Waals surface area (Å²) in [5, 5.41) is 9.75. The monoisotopic (exact) mass is 202 g/mol. The molecule has 0 aliphatic rings. The molecule has 2 rings (SSSR count). The van der Waals surface area contributed by atoms with Crippen molar-refractivity contribution in [2.24, 2.45) is 0 Å². The maximum Gasteiger partial charge on any atom is 0.230 e. The van der Waals surface area contributed by atoms with Gasteiger partial charge in [-0.1, -0.05) is 30.3 Å². The average molecular weight is 202 g/mol. The van der Waals surface area contributed by atoms with E-state index < -0.39 is 11.9 Å². The van der Waals surface area contributed by atoms with E-state index in [0.717, 1.165) is 0 Å². The fourth-order valence-electron chi connectivity index (χ4n) is 1.34. The first-order chi connectivity index (χ1) is 7.29. The quantitative estimate of drug-likeness (QED) is 0.776. The van der Waals surface area contributed by atoms with E-state index in [1.54, 1.807) is 30.3 Å². The van der Waals surface area contributed by atoms with Crippen molar-refractivity contribution >= 4 is 5.78 Å². The van der Waals surface area contributed by atoms with E-state index in [1.807, 2.05) is 6.07 Å². The van der Waals surface area contributed by atoms with Crippen LogP contribution >= 0.6 is 0 Å². The zero-order valence-electron chi connectivity index (χ0n) is 7.96. The van der Waals surface area contributed by atoms with Gasteiger partial charge in [0.1, 0.15) is 6.10 Å². The molecule has 1 aromatic carbocycles. The van der Waals surface area contributed by atoms with Crippen LogP contribution in [0.4, 0.5) is 0 Å². The molecule has 0 spiro atoms. The molecule has 76 valence electrons. The summed E-state index contributed by atoms with van der Waals surface area (Å²) in [6.45, 7) is 0. The number of Topliss-reactive ketones (excluding diaryl/α,β-unsaturated/α-hetero) is 1. The van der Waals surface area contributed by atoms with Crippen molar-refractivity contribution in [1.29, 1.82) is 0 Å². The van der Waals surface area contributed by atoms with Gasteiger partial charge in [-0.25, -0.2) is 0 Å². The van der Waals surface area contributed by atoms with Gasteiger partial charge in [0.2, 0.25) is 5.78 Å². The Morgan fingerprint density at radius 2 is 1.87 bits per heavy atom. The summed E-state index contributed by atoms with van der Waals surface area (Å²) in [5.41, 5.74) is 0.568. The lowest BCUT2D eigenvalue weighted by Crippen LogP contribution is -2.11. The van der Waals surface area contributed by atoms with Gasteiger partial charge in [0.15, 0.2) is 5.76 Å². The standard InChI is InChI=1S/C12H10O3/c13-11(9-5-2-1-3-6-9)12(14)10-7-4-8-15-10/h1-8,11,13H/t11-/m0/s1. The number of aliphatic hydroxyl groups excluding tert-OH is 1. The zero-order chi connectivity index (χ0) is 10.7. The van der Waals surface area contributed by atoms with Crippen LogP contribution in [-0.2, 0) is 0 Å². The second kappa shape index (κ2) is 4.11. The fraction of sp³-hybridized carbons (Fsp3) is 0.0833. The summed E-state index contributed by atoms with van der Waals surface area (Å²) in [5.74, 6) is -0.252. The summed E-state index contributed by atoms with van der Waals surface area (Å²) in [7, 11) is 0. The van der Waals surface area contributed by atoms with Crippen molar-refractivity contribution in [3.63, 3.8) is 0 Å². The molecule has 0 bridgehead atoms. The highest BCUT2D eigenvalue weighted by atomic mass is 16.3. The minimum absolute atomic E-state index is 0.173. The molecule has 0 radical (unpaired) electrons. The van der Waals surface area contributed by atoms with E-state index >= 15 is 0 Å². The number of ketones is 1. The fourth-order valence-corrected chi connectivity index (χ4v) is 1.34. The van der Waals surface area contributed by atoms with Crippen molar-refractivity contribution in [2.75, 3.05) is 0 Å². The van der Waals surface area contributed by atoms with Crippen LogP contribution in [0, 0.1) is 0 Å². The first-order valence-corrected chi connectivity index (χ1v) is 4.60. The summed E-state index contributed by atoms with van der Waals surface area (Å²) in [6.07, 6.45) is 0.252. The van der Waals surface area contributed by atoms with Crippen molar-refractivity contribution < 1.29 is 14.3 Å². The number of carbonyl (C=O) groups excluding carboxylic acids is 1. The van der Waals surface area contributed by atoms with Crippen LogP contribution < -0.4 is 0 Å². The van der Waals surface area contributed by atoms with Gasteiger partial charge in [0.25, 0.3) is 0 Å². The number of hydrogen-bond donors (Lipinski definition) is 1. The van der Waals surface area contributed by atoms with E-state index in [-0.39, 0.29) is 5.76 Å². The Hall–Kier alpha value is -1.87. The van der Waals surface area contributed by atoms with Crippen LogP contribution in [0.15, 0.2) is 53.1 Å². The molecule has 0 fully saturated rings. The van der Waals surface area contributed by atoms with Crippen molar-refractivity contribution in [3.05, 3.63) is 60.1 Å². The summed E-state index contributed by atoms with van der Waals surface area (Å²) >= 11 is 0. The van der Waals surface area contributed by atoms with Gasteiger partial charge in [-0.3, -0.25) is 4.79 Å². The second-order valence-corrected chi connectivity index (χ2v) is 3.15. The van der Waals surface area contributed by atoms with Gasteiger partial charge < -0.3 is 9.52 Å². The molecular weight excluding hydrogens is 192 g/mol. The maximum absolute atomic E-state index is 11.7. The molecule has 0 saturated heterocycles. The Kier molecular flexibility index (Phi) is 2.65. The molecule has 2 aromatic rings. The molecule has 0 amide bonds. The topological polar surface area (TPSA) is 50.4 Å². The summed E-state index contributed by atoms with van der Waals surface area (Å²) in [4.78, 5) is 11.7. The Bertz CT molecular complexity index is 431. The minimum atomic E-state index is -1.16. The predicted molar refractivity (Wildman–Crippen MR) is 54.4 cm³/mol. The van der Waals surface area contributed by atoms with Gasteiger partial charge in [0, 0.05) is 0 Å². The van der Waals surface area contributed by atoms with Gasteiger partial charge in [-0.15, -0.1) is 0 Å². The van der Waals surface area contributed by atoms with Gasteiger partial charge in [-0.05, 0) is 17.7 Å². The van der Waals surface area contributed by atoms with Gasteiger partial charge >= 0.3 is 0 Å². The van der Waals surface area contributed by atoms with Crippen LogP contribution in [0.2, 0.25) is 0 Å². The van der Waals surface area contributed by atoms with E-state index in [0.29, 0.717) is 5.56 Å². The maximum atomic E-state index is 11.7. The number of carbonyl (C=O) groups is 1. The highest BCUT2D eigenvalue weighted by Crippen LogP contribution is 2.17. The molecule has 1 heterocycles. The van der Waals surface area contributed by atoms with E-state index in [4.69, 9.17) is 4.42 Å². The third-order valence-corrected chi connectivity index (χ3v) is 2.13. The molecular formula is C12H10O3. The number of aliphatic hydroxyl groups is 1. The molecule has 0 aliphatic carbocycles. The molecule has 3 heteroatoms. The second-order valence-electron chi connectivity index (χ2n) is 3.15. The Morgan fingerprint density at radius 1 is 1.13 bits per heavy atom. The van der Waals surface area contributed by atoms with E-state index in [9.17, 15) is 9.90 Å². The van der Waals surface area contributed by atoms with Crippen molar-refractivity contribution in [2.45, 2.75) is 6.10 Å². The zero-order valence-corrected chi connectivity index (χ0v) is 7.96. The van der Waals surface area contributed by atoms with Gasteiger partial charge in [-0.2, -0.15) is 0 Å². The highest BCUT2D eigenvalue weighted by Gasteiger charge is 2.20. The lowest BCUT2D eigenvalue weighted by molar-refractivity contribution is 0.0718. The molecule has 3 nitrogen and oxygen atoms in total. The normalized spacial score (nSPS) is 12.3. The van der Waals surface area contributed by atoms with E-state index in [1.165, 1.54) is 12.3 Å². The number of rotatable bonds is 3. The molecule has 15 heavy (non-hydrogen) atoms. The molecule has 1 aromatic heterocycles. The first kappa shape index (κ1) is 9.68. The van der Waals surface area contributed by atoms with E-state index in [2.05, 4.69) is 0 Å². The average Bonchev–Trinajstić information content (AvgIpc) is 2.82. The third-order valence-electron chi connectivity index (χ3n) is 2.13. The van der Waals surface area contributed by atoms with Gasteiger partial charge in [0.05, 0.1) is 6.26 Å². The highest BCUT2D eigenvalue weighted by molar-refractivity contribution is 5.97. The Balaban J connectivity index is 2.23. The third kappa shape index (κ3) is 1.97. The first-order valence-electron chi connectivity index (χ1n) is 4.60. The van der Waals surface area contributed by atoms with Crippen molar-refractivity contribution in [3.8, 4) is 0 Å². The predicted octanol–water partition coefficient (Wildman–Crippen LogP) is 2.20. The smallest absolute Gasteiger partial charge is 0.230 e. The molecule has 1 atom stereocenters. The molecule has 1 N–H and O–H groups in total. The lowest BCUT2D eigenvalue weighted by atomic mass is 10.0. The summed E-state index contributed by atoms with van der Waals surface area (Å²) < 4.78 is 4.93. The van der Waals surface area contributed by atoms with Crippen molar-refractivity contribution in [1.82, 2.24) is 0 Å². The SMILES string of the molecule is O=C(c1ccco1)[C@@H](O)c1ccccc1. The van der Waals surface area contributed by atoms with Crippen LogP contribution in [0.25, 0.3) is 0 Å².